The highest BCUT2D eigenvalue weighted by atomic mass is 32.1. The van der Waals surface area contributed by atoms with Crippen LogP contribution >= 0.6 is 12.2 Å². The molecule has 1 aliphatic heterocycles. The van der Waals surface area contributed by atoms with Crippen LogP contribution in [0, 0.1) is 24.0 Å². The average Bonchev–Trinajstić information content (AvgIpc) is 2.62. The number of nitrogens with zero attached hydrogens (tertiary/aromatic N) is 2. The van der Waals surface area contributed by atoms with Crippen LogP contribution in [-0.4, -0.2) is 27.0 Å². The summed E-state index contributed by atoms with van der Waals surface area (Å²) < 4.78 is 0. The molecule has 3 rings (SSSR count). The number of hydrogen-bond acceptors (Lipinski definition) is 6. The van der Waals surface area contributed by atoms with Gasteiger partial charge in [0.25, 0.3) is 11.8 Å². The number of hydrogen-bond donors (Lipinski definition) is 2. The molecule has 2 amide bonds. The smallest absolute Gasteiger partial charge is 0.311 e. The van der Waals surface area contributed by atoms with Crippen molar-refractivity contribution in [2.45, 2.75) is 13.8 Å². The highest BCUT2D eigenvalue weighted by molar-refractivity contribution is 7.80. The zero-order valence-corrected chi connectivity index (χ0v) is 15.7. The topological polar surface area (TPSA) is 113 Å². The van der Waals surface area contributed by atoms with Crippen LogP contribution < -0.4 is 10.2 Å². The molecular formula is C19H15N3O5S. The molecule has 0 aliphatic carbocycles. The number of benzene rings is 2. The minimum absolute atomic E-state index is 0.0490. The molecule has 1 heterocycles. The number of carbonyl (C=O) groups excluding carboxylic acids is 2. The van der Waals surface area contributed by atoms with E-state index in [1.165, 1.54) is 17.0 Å². The molecule has 0 atom stereocenters. The molecule has 1 saturated heterocycles. The van der Waals surface area contributed by atoms with E-state index >= 15 is 0 Å². The Morgan fingerprint density at radius 1 is 1.14 bits per heavy atom. The number of thiocarbonyl (C=S) groups is 1. The Bertz CT molecular complexity index is 1080. The molecule has 8 nitrogen and oxygen atoms in total. The third-order valence-corrected chi connectivity index (χ3v) is 4.64. The van der Waals surface area contributed by atoms with E-state index in [0.29, 0.717) is 5.69 Å². The third kappa shape index (κ3) is 3.47. The zero-order chi connectivity index (χ0) is 20.6. The first-order chi connectivity index (χ1) is 13.2. The second kappa shape index (κ2) is 7.20. The van der Waals surface area contributed by atoms with E-state index in [9.17, 15) is 24.8 Å². The normalized spacial score (nSPS) is 15.7. The number of aryl methyl sites for hydroxylation is 2. The molecule has 0 spiro atoms. The lowest BCUT2D eigenvalue weighted by atomic mass is 10.0. The SMILES string of the molecule is Cc1ccc(N2C(=O)/C(=C/c3ccc(O)c([N+](=O)[O-])c3)C(=O)NC2=S)cc1C. The zero-order valence-electron chi connectivity index (χ0n) is 14.9. The summed E-state index contributed by atoms with van der Waals surface area (Å²) in [6.07, 6.45) is 1.22. The van der Waals surface area contributed by atoms with Crippen molar-refractivity contribution in [1.82, 2.24) is 5.32 Å². The molecule has 0 saturated carbocycles. The number of phenols is 1. The molecule has 9 heteroatoms. The van der Waals surface area contributed by atoms with Crippen LogP contribution in [0.4, 0.5) is 11.4 Å². The van der Waals surface area contributed by atoms with Gasteiger partial charge in [-0.05, 0) is 67.0 Å². The van der Waals surface area contributed by atoms with Gasteiger partial charge in [-0.1, -0.05) is 12.1 Å². The van der Waals surface area contributed by atoms with E-state index in [-0.39, 0.29) is 16.2 Å². The predicted molar refractivity (Wildman–Crippen MR) is 107 cm³/mol. The number of nitrogens with one attached hydrogen (secondary N) is 1. The van der Waals surface area contributed by atoms with Crippen molar-refractivity contribution in [2.24, 2.45) is 0 Å². The quantitative estimate of drug-likeness (QED) is 0.271. The van der Waals surface area contributed by atoms with Crippen molar-refractivity contribution in [3.63, 3.8) is 0 Å². The largest absolute Gasteiger partial charge is 0.502 e. The first-order valence-electron chi connectivity index (χ1n) is 8.15. The molecule has 0 aromatic heterocycles. The third-order valence-electron chi connectivity index (χ3n) is 4.36. The molecule has 1 aliphatic rings. The van der Waals surface area contributed by atoms with Crippen LogP contribution in [0.2, 0.25) is 0 Å². The van der Waals surface area contributed by atoms with E-state index in [1.807, 2.05) is 19.9 Å². The van der Waals surface area contributed by atoms with Gasteiger partial charge in [-0.25, -0.2) is 0 Å². The van der Waals surface area contributed by atoms with Crippen molar-refractivity contribution in [3.05, 3.63) is 68.8 Å². The van der Waals surface area contributed by atoms with Crippen LogP contribution in [0.3, 0.4) is 0 Å². The van der Waals surface area contributed by atoms with Gasteiger partial charge in [-0.2, -0.15) is 0 Å². The minimum atomic E-state index is -0.753. The number of aromatic hydroxyl groups is 1. The van der Waals surface area contributed by atoms with Crippen LogP contribution in [-0.2, 0) is 9.59 Å². The summed E-state index contributed by atoms with van der Waals surface area (Å²) in [5.74, 6) is -1.86. The number of phenolic OH excluding ortho intramolecular Hbond substituents is 1. The highest BCUT2D eigenvalue weighted by Gasteiger charge is 2.34. The Labute approximate surface area is 165 Å². The Hall–Kier alpha value is -3.59. The molecular weight excluding hydrogens is 382 g/mol. The summed E-state index contributed by atoms with van der Waals surface area (Å²) in [6.45, 7) is 3.82. The molecule has 28 heavy (non-hydrogen) atoms. The number of amides is 2. The number of anilines is 1. The summed E-state index contributed by atoms with van der Waals surface area (Å²) in [5.41, 5.74) is 1.95. The molecule has 142 valence electrons. The van der Waals surface area contributed by atoms with E-state index in [1.54, 1.807) is 12.1 Å². The lowest BCUT2D eigenvalue weighted by molar-refractivity contribution is -0.385. The van der Waals surface area contributed by atoms with Gasteiger partial charge >= 0.3 is 5.69 Å². The van der Waals surface area contributed by atoms with E-state index in [2.05, 4.69) is 5.32 Å². The van der Waals surface area contributed by atoms with Crippen LogP contribution in [0.1, 0.15) is 16.7 Å². The van der Waals surface area contributed by atoms with Crippen molar-refractivity contribution in [1.29, 1.82) is 0 Å². The van der Waals surface area contributed by atoms with Gasteiger partial charge in [0, 0.05) is 6.07 Å². The maximum atomic E-state index is 13.0. The number of rotatable bonds is 3. The van der Waals surface area contributed by atoms with Crippen LogP contribution in [0.25, 0.3) is 6.08 Å². The average molecular weight is 397 g/mol. The molecule has 2 aromatic rings. The second-order valence-electron chi connectivity index (χ2n) is 6.23. The molecule has 1 fully saturated rings. The maximum Gasteiger partial charge on any atom is 0.311 e. The number of carbonyl (C=O) groups is 2. The lowest BCUT2D eigenvalue weighted by Gasteiger charge is -2.29. The van der Waals surface area contributed by atoms with E-state index in [0.717, 1.165) is 23.3 Å². The molecule has 0 unspecified atom stereocenters. The monoisotopic (exact) mass is 397 g/mol. The van der Waals surface area contributed by atoms with Crippen molar-refractivity contribution >= 4 is 46.6 Å². The van der Waals surface area contributed by atoms with Gasteiger partial charge in [0.1, 0.15) is 5.57 Å². The van der Waals surface area contributed by atoms with E-state index in [4.69, 9.17) is 12.2 Å². The first-order valence-corrected chi connectivity index (χ1v) is 8.56. The predicted octanol–water partition coefficient (Wildman–Crippen LogP) is 2.75. The fraction of sp³-hybridized carbons (Fsp3) is 0.105. The van der Waals surface area contributed by atoms with Gasteiger partial charge < -0.3 is 5.11 Å². The standard InChI is InChI=1S/C19H15N3O5S/c1-10-3-5-13(7-11(10)2)21-18(25)14(17(24)20-19(21)28)8-12-4-6-16(23)15(9-12)22(26)27/h3-9,23H,1-2H3,(H,20,24,28)/b14-8+. The molecule has 2 aromatic carbocycles. The minimum Gasteiger partial charge on any atom is -0.502 e. The number of nitro groups is 1. The maximum absolute atomic E-state index is 13.0. The van der Waals surface area contributed by atoms with Gasteiger partial charge in [0.15, 0.2) is 10.9 Å². The van der Waals surface area contributed by atoms with Crippen molar-refractivity contribution in [2.75, 3.05) is 4.90 Å². The van der Waals surface area contributed by atoms with Crippen molar-refractivity contribution < 1.29 is 19.6 Å². The number of nitro benzene ring substituents is 1. The Balaban J connectivity index is 2.05. The lowest BCUT2D eigenvalue weighted by Crippen LogP contribution is -2.54. The van der Waals surface area contributed by atoms with Gasteiger partial charge in [0.05, 0.1) is 10.6 Å². The molecule has 0 radical (unpaired) electrons. The van der Waals surface area contributed by atoms with Crippen LogP contribution in [0.15, 0.2) is 42.0 Å². The summed E-state index contributed by atoms with van der Waals surface area (Å²) in [4.78, 5) is 36.7. The van der Waals surface area contributed by atoms with E-state index < -0.39 is 28.2 Å². The molecule has 0 bridgehead atoms. The highest BCUT2D eigenvalue weighted by Crippen LogP contribution is 2.29. The second-order valence-corrected chi connectivity index (χ2v) is 6.62. The fourth-order valence-corrected chi connectivity index (χ4v) is 2.98. The van der Waals surface area contributed by atoms with Gasteiger partial charge in [-0.15, -0.1) is 0 Å². The first kappa shape index (κ1) is 19.2. The Kier molecular flexibility index (Phi) is 4.93. The molecule has 2 N–H and O–H groups in total. The van der Waals surface area contributed by atoms with Crippen molar-refractivity contribution in [3.8, 4) is 5.75 Å². The van der Waals surface area contributed by atoms with Gasteiger partial charge in [0.2, 0.25) is 0 Å². The van der Waals surface area contributed by atoms with Gasteiger partial charge in [-0.3, -0.25) is 29.9 Å². The summed E-state index contributed by atoms with van der Waals surface area (Å²) in [5, 5.41) is 23.0. The summed E-state index contributed by atoms with van der Waals surface area (Å²) >= 11 is 5.15. The fourth-order valence-electron chi connectivity index (χ4n) is 2.70. The summed E-state index contributed by atoms with van der Waals surface area (Å²) in [6, 6.07) is 8.90. The summed E-state index contributed by atoms with van der Waals surface area (Å²) in [7, 11) is 0. The van der Waals surface area contributed by atoms with Crippen LogP contribution in [0.5, 0.6) is 5.75 Å². The Morgan fingerprint density at radius 2 is 1.86 bits per heavy atom. The Morgan fingerprint density at radius 3 is 2.50 bits per heavy atom.